The van der Waals surface area contributed by atoms with Gasteiger partial charge in [0.15, 0.2) is 0 Å². The quantitative estimate of drug-likeness (QED) is 0.771. The lowest BCUT2D eigenvalue weighted by Crippen LogP contribution is -2.24. The molecular weight excluding hydrogens is 256 g/mol. The molecule has 1 aromatic heterocycles. The van der Waals surface area contributed by atoms with Gasteiger partial charge in [0.2, 0.25) is 0 Å². The highest BCUT2D eigenvalue weighted by Gasteiger charge is 2.06. The molecule has 0 aliphatic rings. The minimum Gasteiger partial charge on any atom is -0.327 e. The molecule has 106 valence electrons. The Kier molecular flexibility index (Phi) is 4.27. The molecule has 0 aliphatic heterocycles. The van der Waals surface area contributed by atoms with Crippen LogP contribution in [0.2, 0.25) is 0 Å². The first-order valence-corrected chi connectivity index (χ1v) is 7.45. The molecule has 0 spiro atoms. The summed E-state index contributed by atoms with van der Waals surface area (Å²) in [5.74, 6) is 0. The van der Waals surface area contributed by atoms with Crippen molar-refractivity contribution in [3.8, 4) is 0 Å². The van der Waals surface area contributed by atoms with Crippen LogP contribution in [0.5, 0.6) is 0 Å². The molecular formula is C19H20N2. The number of hydrogen-bond acceptors (Lipinski definition) is 2. The van der Waals surface area contributed by atoms with Crippen LogP contribution >= 0.6 is 0 Å². The number of pyridine rings is 1. The van der Waals surface area contributed by atoms with Crippen molar-refractivity contribution in [1.82, 2.24) is 4.98 Å². The SMILES string of the molecule is NC(CCc1ccccc1)Cc1ccc2ccccc2n1. The van der Waals surface area contributed by atoms with Crippen molar-refractivity contribution in [2.24, 2.45) is 5.73 Å². The molecule has 2 aromatic carbocycles. The summed E-state index contributed by atoms with van der Waals surface area (Å²) in [4.78, 5) is 4.69. The maximum atomic E-state index is 6.26. The Morgan fingerprint density at radius 2 is 1.62 bits per heavy atom. The van der Waals surface area contributed by atoms with Crippen molar-refractivity contribution in [2.75, 3.05) is 0 Å². The monoisotopic (exact) mass is 276 g/mol. The normalized spacial score (nSPS) is 12.4. The number of benzene rings is 2. The molecule has 0 aliphatic carbocycles. The Morgan fingerprint density at radius 3 is 2.48 bits per heavy atom. The number of para-hydroxylation sites is 1. The summed E-state index contributed by atoms with van der Waals surface area (Å²) < 4.78 is 0. The zero-order chi connectivity index (χ0) is 14.5. The lowest BCUT2D eigenvalue weighted by Gasteiger charge is -2.11. The summed E-state index contributed by atoms with van der Waals surface area (Å²) in [6.45, 7) is 0. The molecule has 1 atom stereocenters. The fraction of sp³-hybridized carbons (Fsp3) is 0.211. The maximum Gasteiger partial charge on any atom is 0.0705 e. The van der Waals surface area contributed by atoms with Crippen LogP contribution in [0.4, 0.5) is 0 Å². The van der Waals surface area contributed by atoms with Crippen LogP contribution in [0.15, 0.2) is 66.7 Å². The van der Waals surface area contributed by atoms with E-state index in [4.69, 9.17) is 10.7 Å². The van der Waals surface area contributed by atoms with E-state index in [1.54, 1.807) is 0 Å². The molecule has 0 fully saturated rings. The van der Waals surface area contributed by atoms with Gasteiger partial charge >= 0.3 is 0 Å². The number of hydrogen-bond donors (Lipinski definition) is 1. The van der Waals surface area contributed by atoms with Gasteiger partial charge in [0.1, 0.15) is 0 Å². The molecule has 0 bridgehead atoms. The number of nitrogens with zero attached hydrogens (tertiary/aromatic N) is 1. The number of nitrogens with two attached hydrogens (primary N) is 1. The molecule has 1 heterocycles. The van der Waals surface area contributed by atoms with E-state index < -0.39 is 0 Å². The highest BCUT2D eigenvalue weighted by molar-refractivity contribution is 5.78. The predicted octanol–water partition coefficient (Wildman–Crippen LogP) is 3.74. The highest BCUT2D eigenvalue weighted by Crippen LogP contribution is 2.13. The fourth-order valence-corrected chi connectivity index (χ4v) is 2.59. The van der Waals surface area contributed by atoms with E-state index in [9.17, 15) is 0 Å². The molecule has 21 heavy (non-hydrogen) atoms. The second-order valence-electron chi connectivity index (χ2n) is 5.48. The Morgan fingerprint density at radius 1 is 0.857 bits per heavy atom. The zero-order valence-electron chi connectivity index (χ0n) is 12.1. The van der Waals surface area contributed by atoms with Crippen molar-refractivity contribution in [2.45, 2.75) is 25.3 Å². The number of fused-ring (bicyclic) bond motifs is 1. The summed E-state index contributed by atoms with van der Waals surface area (Å²) in [7, 11) is 0. The van der Waals surface area contributed by atoms with Crippen LogP contribution in [0.3, 0.4) is 0 Å². The van der Waals surface area contributed by atoms with Crippen LogP contribution in [0.1, 0.15) is 17.7 Å². The van der Waals surface area contributed by atoms with Crippen molar-refractivity contribution >= 4 is 10.9 Å². The molecule has 2 nitrogen and oxygen atoms in total. The van der Waals surface area contributed by atoms with Gasteiger partial charge in [-0.2, -0.15) is 0 Å². The maximum absolute atomic E-state index is 6.26. The van der Waals surface area contributed by atoms with Gasteiger partial charge in [0, 0.05) is 23.5 Å². The van der Waals surface area contributed by atoms with Gasteiger partial charge in [-0.1, -0.05) is 54.6 Å². The summed E-state index contributed by atoms with van der Waals surface area (Å²) in [6, 6.07) is 23.1. The third-order valence-corrected chi connectivity index (χ3v) is 3.77. The van der Waals surface area contributed by atoms with Crippen LogP contribution in [0.25, 0.3) is 10.9 Å². The van der Waals surface area contributed by atoms with Crippen molar-refractivity contribution in [3.63, 3.8) is 0 Å². The zero-order valence-corrected chi connectivity index (χ0v) is 12.1. The second-order valence-corrected chi connectivity index (χ2v) is 5.48. The molecule has 2 N–H and O–H groups in total. The molecule has 0 radical (unpaired) electrons. The third kappa shape index (κ3) is 3.67. The number of aromatic nitrogens is 1. The average Bonchev–Trinajstić information content (AvgIpc) is 2.54. The molecule has 0 saturated heterocycles. The first-order chi connectivity index (χ1) is 10.3. The van der Waals surface area contributed by atoms with E-state index in [1.165, 1.54) is 10.9 Å². The molecule has 0 saturated carbocycles. The topological polar surface area (TPSA) is 38.9 Å². The first-order valence-electron chi connectivity index (χ1n) is 7.45. The van der Waals surface area contributed by atoms with Gasteiger partial charge in [0.05, 0.1) is 5.52 Å². The van der Waals surface area contributed by atoms with Crippen molar-refractivity contribution in [1.29, 1.82) is 0 Å². The van der Waals surface area contributed by atoms with Crippen LogP contribution < -0.4 is 5.73 Å². The van der Waals surface area contributed by atoms with Gasteiger partial charge in [-0.05, 0) is 30.5 Å². The minimum atomic E-state index is 0.152. The van der Waals surface area contributed by atoms with E-state index in [0.717, 1.165) is 30.5 Å². The molecule has 1 unspecified atom stereocenters. The van der Waals surface area contributed by atoms with Gasteiger partial charge in [-0.15, -0.1) is 0 Å². The van der Waals surface area contributed by atoms with Crippen LogP contribution in [-0.4, -0.2) is 11.0 Å². The first kappa shape index (κ1) is 13.8. The van der Waals surface area contributed by atoms with Gasteiger partial charge in [-0.25, -0.2) is 0 Å². The Hall–Kier alpha value is -2.19. The average molecular weight is 276 g/mol. The number of rotatable bonds is 5. The smallest absolute Gasteiger partial charge is 0.0705 e. The lowest BCUT2D eigenvalue weighted by atomic mass is 10.0. The fourth-order valence-electron chi connectivity index (χ4n) is 2.59. The Balaban J connectivity index is 1.62. The highest BCUT2D eigenvalue weighted by atomic mass is 14.7. The summed E-state index contributed by atoms with van der Waals surface area (Å²) in [5.41, 5.74) is 9.73. The molecule has 3 rings (SSSR count). The number of aryl methyl sites for hydroxylation is 1. The van der Waals surface area contributed by atoms with E-state index in [-0.39, 0.29) is 6.04 Å². The van der Waals surface area contributed by atoms with Crippen molar-refractivity contribution in [3.05, 3.63) is 78.0 Å². The summed E-state index contributed by atoms with van der Waals surface area (Å²) >= 11 is 0. The van der Waals surface area contributed by atoms with Gasteiger partial charge in [-0.3, -0.25) is 4.98 Å². The second kappa shape index (κ2) is 6.51. The lowest BCUT2D eigenvalue weighted by molar-refractivity contribution is 0.604. The van der Waals surface area contributed by atoms with Crippen LogP contribution in [-0.2, 0) is 12.8 Å². The largest absolute Gasteiger partial charge is 0.327 e. The minimum absolute atomic E-state index is 0.152. The van der Waals surface area contributed by atoms with E-state index >= 15 is 0 Å². The van der Waals surface area contributed by atoms with Crippen LogP contribution in [0, 0.1) is 0 Å². The van der Waals surface area contributed by atoms with E-state index in [0.29, 0.717) is 0 Å². The summed E-state index contributed by atoms with van der Waals surface area (Å²) in [6.07, 6.45) is 2.84. The van der Waals surface area contributed by atoms with Crippen molar-refractivity contribution < 1.29 is 0 Å². The van der Waals surface area contributed by atoms with E-state index in [2.05, 4.69) is 42.5 Å². The van der Waals surface area contributed by atoms with Gasteiger partial charge < -0.3 is 5.73 Å². The third-order valence-electron chi connectivity index (χ3n) is 3.77. The van der Waals surface area contributed by atoms with Gasteiger partial charge in [0.25, 0.3) is 0 Å². The Labute approximate surface area is 125 Å². The molecule has 0 amide bonds. The standard InChI is InChI=1S/C19H20N2/c20-17(12-10-15-6-2-1-3-7-15)14-18-13-11-16-8-4-5-9-19(16)21-18/h1-9,11,13,17H,10,12,14,20H2. The van der Waals surface area contributed by atoms with E-state index in [1.807, 2.05) is 24.3 Å². The molecule has 2 heteroatoms. The predicted molar refractivity (Wildman–Crippen MR) is 88.2 cm³/mol. The Bertz CT molecular complexity index is 707. The molecule has 3 aromatic rings. The summed E-state index contributed by atoms with van der Waals surface area (Å²) in [5, 5.41) is 1.18.